The normalized spacial score (nSPS) is 13.8. The Balaban J connectivity index is 1.56. The van der Waals surface area contributed by atoms with Gasteiger partial charge in [-0.3, -0.25) is 9.59 Å². The molecule has 4 aromatic rings. The molecule has 3 heterocycles. The molecule has 5 rings (SSSR count). The number of carbonyl (C=O) groups is 1. The number of amides is 1. The van der Waals surface area contributed by atoms with Gasteiger partial charge in [-0.15, -0.1) is 11.3 Å². The highest BCUT2D eigenvalue weighted by atomic mass is 32.1. The minimum Gasteiger partial charge on any atom is -0.358 e. The van der Waals surface area contributed by atoms with Crippen LogP contribution in [-0.2, 0) is 12.8 Å². The van der Waals surface area contributed by atoms with E-state index < -0.39 is 0 Å². The van der Waals surface area contributed by atoms with E-state index in [0.29, 0.717) is 22.0 Å². The zero-order valence-electron chi connectivity index (χ0n) is 14.7. The first-order valence-electron chi connectivity index (χ1n) is 8.91. The van der Waals surface area contributed by atoms with Gasteiger partial charge in [0.1, 0.15) is 11.5 Å². The number of nitrogens with zero attached hydrogens (tertiary/aromatic N) is 3. The van der Waals surface area contributed by atoms with E-state index in [-0.39, 0.29) is 11.5 Å². The Morgan fingerprint density at radius 1 is 1.30 bits per heavy atom. The van der Waals surface area contributed by atoms with Gasteiger partial charge in [-0.1, -0.05) is 12.1 Å². The van der Waals surface area contributed by atoms with Crippen molar-refractivity contribution >= 4 is 38.9 Å². The molecule has 1 aliphatic rings. The van der Waals surface area contributed by atoms with Crippen molar-refractivity contribution in [1.82, 2.24) is 19.6 Å². The monoisotopic (exact) mass is 379 g/mol. The quantitative estimate of drug-likeness (QED) is 0.560. The van der Waals surface area contributed by atoms with Crippen molar-refractivity contribution < 1.29 is 4.79 Å². The van der Waals surface area contributed by atoms with Crippen LogP contribution in [0, 0.1) is 6.92 Å². The second-order valence-electron chi connectivity index (χ2n) is 6.79. The van der Waals surface area contributed by atoms with Crippen LogP contribution in [0.4, 0.5) is 5.82 Å². The van der Waals surface area contributed by atoms with Gasteiger partial charge in [0.2, 0.25) is 4.96 Å². The minimum absolute atomic E-state index is 0.211. The van der Waals surface area contributed by atoms with Crippen LogP contribution < -0.4 is 10.9 Å². The van der Waals surface area contributed by atoms with Crippen LogP contribution in [0.3, 0.4) is 0 Å². The van der Waals surface area contributed by atoms with Crippen LogP contribution in [0.5, 0.6) is 0 Å². The Hall–Kier alpha value is -3.00. The first kappa shape index (κ1) is 16.2. The number of hydrogen-bond acceptors (Lipinski definition) is 5. The molecular weight excluding hydrogens is 362 g/mol. The summed E-state index contributed by atoms with van der Waals surface area (Å²) < 4.78 is 1.50. The van der Waals surface area contributed by atoms with Crippen LogP contribution in [0.1, 0.15) is 40.2 Å². The first-order valence-corrected chi connectivity index (χ1v) is 9.79. The Bertz CT molecular complexity index is 1270. The molecule has 0 fully saturated rings. The minimum atomic E-state index is -0.350. The molecule has 2 N–H and O–H groups in total. The zero-order chi connectivity index (χ0) is 18.5. The highest BCUT2D eigenvalue weighted by Gasteiger charge is 2.20. The van der Waals surface area contributed by atoms with E-state index in [4.69, 9.17) is 0 Å². The lowest BCUT2D eigenvalue weighted by Crippen LogP contribution is -2.18. The summed E-state index contributed by atoms with van der Waals surface area (Å²) in [7, 11) is 0. The number of aryl methyl sites for hydroxylation is 3. The number of hydrogen-bond donors (Lipinski definition) is 2. The number of H-pyrrole nitrogens is 1. The van der Waals surface area contributed by atoms with Crippen molar-refractivity contribution in [2.75, 3.05) is 5.32 Å². The Kier molecular flexibility index (Phi) is 3.61. The molecule has 3 aromatic heterocycles. The van der Waals surface area contributed by atoms with Crippen molar-refractivity contribution in [2.45, 2.75) is 32.6 Å². The van der Waals surface area contributed by atoms with E-state index in [0.717, 1.165) is 23.7 Å². The largest absolute Gasteiger partial charge is 0.358 e. The molecule has 1 aliphatic carbocycles. The van der Waals surface area contributed by atoms with Gasteiger partial charge < -0.3 is 10.3 Å². The SMILES string of the molecule is Cc1nn2c(NC(=O)c3cccc4c5c([nH]c34)CCCC5)csc2nc1=O. The number of aromatic nitrogens is 4. The number of benzene rings is 1. The zero-order valence-corrected chi connectivity index (χ0v) is 15.5. The lowest BCUT2D eigenvalue weighted by atomic mass is 9.95. The lowest BCUT2D eigenvalue weighted by Gasteiger charge is -2.10. The Morgan fingerprint density at radius 3 is 3.04 bits per heavy atom. The maximum Gasteiger partial charge on any atom is 0.295 e. The summed E-state index contributed by atoms with van der Waals surface area (Å²) >= 11 is 1.27. The molecule has 1 amide bonds. The van der Waals surface area contributed by atoms with Gasteiger partial charge in [0.15, 0.2) is 0 Å². The number of nitrogens with one attached hydrogen (secondary N) is 2. The number of anilines is 1. The summed E-state index contributed by atoms with van der Waals surface area (Å²) in [5.74, 6) is 0.293. The number of para-hydroxylation sites is 1. The fourth-order valence-corrected chi connectivity index (χ4v) is 4.48. The van der Waals surface area contributed by atoms with Crippen molar-refractivity contribution in [3.8, 4) is 0 Å². The molecule has 0 radical (unpaired) electrons. The van der Waals surface area contributed by atoms with Gasteiger partial charge >= 0.3 is 0 Å². The Morgan fingerprint density at radius 2 is 2.15 bits per heavy atom. The second-order valence-corrected chi connectivity index (χ2v) is 7.63. The van der Waals surface area contributed by atoms with Crippen molar-refractivity contribution in [1.29, 1.82) is 0 Å². The third-order valence-electron chi connectivity index (χ3n) is 5.06. The molecule has 0 saturated carbocycles. The molecular formula is C19H17N5O2S. The molecule has 0 spiro atoms. The number of thiazole rings is 1. The number of rotatable bonds is 2. The van der Waals surface area contributed by atoms with Crippen LogP contribution >= 0.6 is 11.3 Å². The van der Waals surface area contributed by atoms with Gasteiger partial charge in [0.25, 0.3) is 11.5 Å². The summed E-state index contributed by atoms with van der Waals surface area (Å²) in [6, 6.07) is 5.82. The number of fused-ring (bicyclic) bond motifs is 4. The predicted octanol–water partition coefficient (Wildman–Crippen LogP) is 3.07. The molecule has 27 heavy (non-hydrogen) atoms. The van der Waals surface area contributed by atoms with Gasteiger partial charge in [0, 0.05) is 16.5 Å². The second kappa shape index (κ2) is 6.02. The van der Waals surface area contributed by atoms with E-state index in [1.807, 2.05) is 12.1 Å². The van der Waals surface area contributed by atoms with Crippen molar-refractivity contribution in [3.63, 3.8) is 0 Å². The van der Waals surface area contributed by atoms with E-state index in [1.54, 1.807) is 12.3 Å². The average Bonchev–Trinajstić information content (AvgIpc) is 3.23. The van der Waals surface area contributed by atoms with Gasteiger partial charge in [-0.25, -0.2) is 0 Å². The van der Waals surface area contributed by atoms with Crippen molar-refractivity contribution in [3.05, 3.63) is 56.4 Å². The van der Waals surface area contributed by atoms with Gasteiger partial charge in [0.05, 0.1) is 11.1 Å². The number of carbonyl (C=O) groups excluding carboxylic acids is 1. The summed E-state index contributed by atoms with van der Waals surface area (Å²) in [5, 5.41) is 10.0. The maximum absolute atomic E-state index is 13.0. The fraction of sp³-hybridized carbons (Fsp3) is 0.263. The number of aromatic amines is 1. The molecule has 1 aromatic carbocycles. The lowest BCUT2D eigenvalue weighted by molar-refractivity contribution is 0.102. The summed E-state index contributed by atoms with van der Waals surface area (Å²) in [4.78, 5) is 32.5. The fourth-order valence-electron chi connectivity index (χ4n) is 3.73. The smallest absolute Gasteiger partial charge is 0.295 e. The molecule has 0 bridgehead atoms. The maximum atomic E-state index is 13.0. The molecule has 0 atom stereocenters. The third-order valence-corrected chi connectivity index (χ3v) is 5.88. The standard InChI is InChI=1S/C19H17N5O2S/c1-10-17(25)22-19-24(23-10)15(9-27-19)21-18(26)13-7-4-6-12-11-5-2-3-8-14(11)20-16(12)13/h4,6-7,9,20H,2-3,5,8H2,1H3,(H,21,26). The summed E-state index contributed by atoms with van der Waals surface area (Å²) in [6.45, 7) is 1.61. The van der Waals surface area contributed by atoms with E-state index in [2.05, 4.69) is 26.4 Å². The molecule has 0 unspecified atom stereocenters. The van der Waals surface area contributed by atoms with Crippen molar-refractivity contribution in [2.24, 2.45) is 0 Å². The van der Waals surface area contributed by atoms with Gasteiger partial charge in [-0.2, -0.15) is 14.6 Å². The van der Waals surface area contributed by atoms with E-state index >= 15 is 0 Å². The molecule has 136 valence electrons. The first-order chi connectivity index (χ1) is 13.1. The summed E-state index contributed by atoms with van der Waals surface area (Å²) in [6.07, 6.45) is 4.45. The highest BCUT2D eigenvalue weighted by Crippen LogP contribution is 2.31. The van der Waals surface area contributed by atoms with Crippen LogP contribution in [0.15, 0.2) is 28.4 Å². The Labute approximate surface area is 158 Å². The highest BCUT2D eigenvalue weighted by molar-refractivity contribution is 7.15. The summed E-state index contributed by atoms with van der Waals surface area (Å²) in [5.41, 5.74) is 4.02. The van der Waals surface area contributed by atoms with E-state index in [9.17, 15) is 9.59 Å². The molecule has 7 nitrogen and oxygen atoms in total. The molecule has 8 heteroatoms. The van der Waals surface area contributed by atoms with Crippen LogP contribution in [-0.4, -0.2) is 25.5 Å². The van der Waals surface area contributed by atoms with Gasteiger partial charge in [-0.05, 0) is 44.2 Å². The molecule has 0 aliphatic heterocycles. The van der Waals surface area contributed by atoms with E-state index in [1.165, 1.54) is 40.0 Å². The predicted molar refractivity (Wildman–Crippen MR) is 105 cm³/mol. The topological polar surface area (TPSA) is 92.2 Å². The van der Waals surface area contributed by atoms with Crippen LogP contribution in [0.25, 0.3) is 15.9 Å². The van der Waals surface area contributed by atoms with Crippen LogP contribution in [0.2, 0.25) is 0 Å². The average molecular weight is 379 g/mol. The third kappa shape index (κ3) is 2.56. The molecule has 0 saturated heterocycles.